The Morgan fingerprint density at radius 1 is 0.667 bits per heavy atom. The number of rotatable bonds is 0. The van der Waals surface area contributed by atoms with E-state index in [4.69, 9.17) is 0 Å². The first-order valence-corrected chi connectivity index (χ1v) is 4.44. The molecule has 0 nitrogen and oxygen atoms in total. The molecule has 0 bridgehead atoms. The van der Waals surface area contributed by atoms with E-state index in [1.165, 1.54) is 0 Å². The molecule has 0 aliphatic heterocycles. The normalized spacial score (nSPS) is 8.00. The SMILES string of the molecule is CC.CC(F)(F)F.CF.c1ccccc1. The van der Waals surface area contributed by atoms with Crippen molar-refractivity contribution in [1.29, 1.82) is 0 Å². The number of benzene rings is 1. The Labute approximate surface area is 88.9 Å². The number of hydrogen-bond donors (Lipinski definition) is 0. The van der Waals surface area contributed by atoms with Crippen LogP contribution in [0.5, 0.6) is 0 Å². The quantitative estimate of drug-likeness (QED) is 0.554. The topological polar surface area (TPSA) is 0 Å². The van der Waals surface area contributed by atoms with Gasteiger partial charge in [-0.25, -0.2) is 0 Å². The maximum Gasteiger partial charge on any atom is 0.386 e. The van der Waals surface area contributed by atoms with E-state index in [1.54, 1.807) is 0 Å². The minimum absolute atomic E-state index is 0.188. The van der Waals surface area contributed by atoms with Gasteiger partial charge in [0, 0.05) is 6.92 Å². The maximum atomic E-state index is 10.4. The van der Waals surface area contributed by atoms with E-state index >= 15 is 0 Å². The van der Waals surface area contributed by atoms with Gasteiger partial charge in [0.1, 0.15) is 0 Å². The molecule has 4 heteroatoms. The second-order valence-electron chi connectivity index (χ2n) is 1.94. The van der Waals surface area contributed by atoms with Gasteiger partial charge in [-0.3, -0.25) is 4.39 Å². The highest BCUT2D eigenvalue weighted by molar-refractivity contribution is 4.99. The van der Waals surface area contributed by atoms with Gasteiger partial charge in [-0.05, 0) is 0 Å². The summed E-state index contributed by atoms with van der Waals surface area (Å²) in [6.07, 6.45) is -4.00. The van der Waals surface area contributed by atoms with E-state index in [-0.39, 0.29) is 6.92 Å². The number of hydrogen-bond acceptors (Lipinski definition) is 0. The van der Waals surface area contributed by atoms with Crippen molar-refractivity contribution in [2.45, 2.75) is 26.9 Å². The van der Waals surface area contributed by atoms with Crippen molar-refractivity contribution in [3.05, 3.63) is 36.4 Å². The van der Waals surface area contributed by atoms with Crippen molar-refractivity contribution < 1.29 is 17.6 Å². The number of halogens is 4. The summed E-state index contributed by atoms with van der Waals surface area (Å²) in [5.41, 5.74) is 0. The molecule has 1 rings (SSSR count). The Bertz CT molecular complexity index is 137. The second kappa shape index (κ2) is 15.4. The van der Waals surface area contributed by atoms with Gasteiger partial charge in [-0.2, -0.15) is 13.2 Å². The highest BCUT2D eigenvalue weighted by Crippen LogP contribution is 2.10. The average Bonchev–Trinajstić information content (AvgIpc) is 2.24. The highest BCUT2D eigenvalue weighted by atomic mass is 19.4. The van der Waals surface area contributed by atoms with Crippen LogP contribution in [0.25, 0.3) is 0 Å². The van der Waals surface area contributed by atoms with Crippen molar-refractivity contribution >= 4 is 0 Å². The third kappa shape index (κ3) is 63.5. The molecule has 0 atom stereocenters. The summed E-state index contributed by atoms with van der Waals surface area (Å²) in [6, 6.07) is 12.0. The molecular weight excluding hydrogens is 208 g/mol. The lowest BCUT2D eigenvalue weighted by molar-refractivity contribution is -0.110. The molecule has 0 spiro atoms. The summed E-state index contributed by atoms with van der Waals surface area (Å²) in [5.74, 6) is 0. The molecule has 15 heavy (non-hydrogen) atoms. The minimum Gasteiger partial charge on any atom is -0.255 e. The van der Waals surface area contributed by atoms with E-state index < -0.39 is 6.18 Å². The molecule has 0 heterocycles. The molecule has 0 fully saturated rings. The lowest BCUT2D eigenvalue weighted by Crippen LogP contribution is -1.95. The van der Waals surface area contributed by atoms with Crippen molar-refractivity contribution in [3.63, 3.8) is 0 Å². The molecule has 1 aromatic rings. The van der Waals surface area contributed by atoms with Crippen LogP contribution in [0.4, 0.5) is 17.6 Å². The van der Waals surface area contributed by atoms with Gasteiger partial charge in [-0.1, -0.05) is 50.2 Å². The Balaban J connectivity index is -0.000000146. The van der Waals surface area contributed by atoms with Crippen LogP contribution in [-0.2, 0) is 0 Å². The Morgan fingerprint density at radius 2 is 0.733 bits per heavy atom. The van der Waals surface area contributed by atoms with Crippen LogP contribution in [0.15, 0.2) is 36.4 Å². The molecule has 0 unspecified atom stereocenters. The monoisotopic (exact) mass is 226 g/mol. The molecule has 0 amide bonds. The number of alkyl halides is 4. The fourth-order valence-corrected chi connectivity index (χ4v) is 0.385. The summed E-state index contributed by atoms with van der Waals surface area (Å²) in [7, 11) is 0.500. The molecule has 0 N–H and O–H groups in total. The first-order valence-electron chi connectivity index (χ1n) is 4.44. The lowest BCUT2D eigenvalue weighted by atomic mass is 10.4. The third-order valence-electron chi connectivity index (χ3n) is 0.667. The van der Waals surface area contributed by atoms with Crippen molar-refractivity contribution in [1.82, 2.24) is 0 Å². The summed E-state index contributed by atoms with van der Waals surface area (Å²) >= 11 is 0. The Kier molecular flexibility index (Phi) is 20.0. The summed E-state index contributed by atoms with van der Waals surface area (Å²) < 4.78 is 40.6. The summed E-state index contributed by atoms with van der Waals surface area (Å²) in [5, 5.41) is 0. The third-order valence-corrected chi connectivity index (χ3v) is 0.667. The fraction of sp³-hybridized carbons (Fsp3) is 0.455. The Morgan fingerprint density at radius 3 is 0.800 bits per heavy atom. The molecule has 0 aliphatic carbocycles. The first-order chi connectivity index (χ1) is 7.00. The average molecular weight is 226 g/mol. The molecule has 0 radical (unpaired) electrons. The van der Waals surface area contributed by atoms with Crippen molar-refractivity contribution in [2.24, 2.45) is 0 Å². The predicted molar refractivity (Wildman–Crippen MR) is 56.6 cm³/mol. The molecule has 1 aromatic carbocycles. The van der Waals surface area contributed by atoms with Crippen LogP contribution in [0.1, 0.15) is 20.8 Å². The van der Waals surface area contributed by atoms with Gasteiger partial charge < -0.3 is 0 Å². The standard InChI is InChI=1S/C6H6.C2H3F3.C2H6.CH3F/c1-2-4-6-5-3-1;1-2(3,4)5;2*1-2/h1-6H;1H3;1-2H3;1H3. The minimum atomic E-state index is -4.00. The smallest absolute Gasteiger partial charge is 0.255 e. The summed E-state index contributed by atoms with van der Waals surface area (Å²) in [4.78, 5) is 0. The van der Waals surface area contributed by atoms with Crippen LogP contribution >= 0.6 is 0 Å². The molecule has 90 valence electrons. The Hall–Kier alpha value is -1.06. The largest absolute Gasteiger partial charge is 0.386 e. The lowest BCUT2D eigenvalue weighted by Gasteiger charge is -1.88. The zero-order chi connectivity index (χ0) is 12.7. The van der Waals surface area contributed by atoms with E-state index in [1.807, 2.05) is 50.2 Å². The van der Waals surface area contributed by atoms with E-state index in [2.05, 4.69) is 0 Å². The van der Waals surface area contributed by atoms with Crippen LogP contribution in [0.2, 0.25) is 0 Å². The van der Waals surface area contributed by atoms with Crippen molar-refractivity contribution in [2.75, 3.05) is 7.18 Å². The van der Waals surface area contributed by atoms with E-state index in [0.717, 1.165) is 0 Å². The van der Waals surface area contributed by atoms with E-state index in [9.17, 15) is 17.6 Å². The highest BCUT2D eigenvalue weighted by Gasteiger charge is 2.15. The molecule has 0 saturated carbocycles. The molecule has 0 saturated heterocycles. The predicted octanol–water partition coefficient (Wildman–Crippen LogP) is 4.87. The zero-order valence-electron chi connectivity index (χ0n) is 9.48. The fourth-order valence-electron chi connectivity index (χ4n) is 0.385. The molecule has 0 aliphatic rings. The van der Waals surface area contributed by atoms with Gasteiger partial charge >= 0.3 is 6.18 Å². The zero-order valence-corrected chi connectivity index (χ0v) is 9.48. The first kappa shape index (κ1) is 19.5. The van der Waals surface area contributed by atoms with Gasteiger partial charge in [0.05, 0.1) is 7.18 Å². The second-order valence-corrected chi connectivity index (χ2v) is 1.94. The van der Waals surface area contributed by atoms with Gasteiger partial charge in [0.2, 0.25) is 0 Å². The summed E-state index contributed by atoms with van der Waals surface area (Å²) in [6.45, 7) is 4.19. The molecule has 0 aromatic heterocycles. The van der Waals surface area contributed by atoms with Gasteiger partial charge in [-0.15, -0.1) is 0 Å². The van der Waals surface area contributed by atoms with Crippen LogP contribution in [-0.4, -0.2) is 13.4 Å². The van der Waals surface area contributed by atoms with Gasteiger partial charge in [0.15, 0.2) is 0 Å². The van der Waals surface area contributed by atoms with Gasteiger partial charge in [0.25, 0.3) is 0 Å². The van der Waals surface area contributed by atoms with Crippen LogP contribution < -0.4 is 0 Å². The van der Waals surface area contributed by atoms with Crippen LogP contribution in [0, 0.1) is 0 Å². The van der Waals surface area contributed by atoms with E-state index in [0.29, 0.717) is 7.18 Å². The molecular formula is C11H18F4. The maximum absolute atomic E-state index is 10.4. The van der Waals surface area contributed by atoms with Crippen molar-refractivity contribution in [3.8, 4) is 0 Å². The van der Waals surface area contributed by atoms with Crippen LogP contribution in [0.3, 0.4) is 0 Å².